The number of hydrogen-bond acceptors (Lipinski definition) is 5. The lowest BCUT2D eigenvalue weighted by atomic mass is 9.82. The smallest absolute Gasteiger partial charge is 0.308 e. The van der Waals surface area contributed by atoms with E-state index in [2.05, 4.69) is 23.9 Å². The van der Waals surface area contributed by atoms with Gasteiger partial charge < -0.3 is 9.84 Å². The second-order valence-electron chi connectivity index (χ2n) is 9.68. The summed E-state index contributed by atoms with van der Waals surface area (Å²) in [4.78, 5) is 30.2. The molecule has 1 aromatic carbocycles. The molecule has 0 atom stereocenters. The Balaban J connectivity index is 0.000000598. The SMILES string of the molecule is CC.CC#CC(=O)N(c1ccc(C)c(C)c1)c1ccc2c(n1)c(OC1CC(C(=O)O)C1)nn2C.CC1CC1. The molecule has 2 aliphatic carbocycles. The summed E-state index contributed by atoms with van der Waals surface area (Å²) >= 11 is 0. The van der Waals surface area contributed by atoms with E-state index >= 15 is 0 Å². The van der Waals surface area contributed by atoms with Crippen molar-refractivity contribution in [3.05, 3.63) is 41.5 Å². The molecule has 3 aromatic rings. The van der Waals surface area contributed by atoms with Gasteiger partial charge in [-0.2, -0.15) is 0 Å². The molecular weight excluding hydrogens is 480 g/mol. The number of ether oxygens (including phenoxy) is 1. The highest BCUT2D eigenvalue weighted by Gasteiger charge is 2.37. The predicted octanol–water partition coefficient (Wildman–Crippen LogP) is 5.96. The largest absolute Gasteiger partial charge is 0.481 e. The molecule has 0 spiro atoms. The maximum atomic E-state index is 12.9. The van der Waals surface area contributed by atoms with Crippen LogP contribution in [0.3, 0.4) is 0 Å². The predicted molar refractivity (Wildman–Crippen MR) is 150 cm³/mol. The van der Waals surface area contributed by atoms with Crippen molar-refractivity contribution in [3.8, 4) is 17.7 Å². The topological polar surface area (TPSA) is 97.6 Å². The number of aryl methyl sites for hydroxylation is 3. The lowest BCUT2D eigenvalue weighted by Gasteiger charge is -2.31. The second kappa shape index (κ2) is 12.6. The Morgan fingerprint density at radius 3 is 2.32 bits per heavy atom. The summed E-state index contributed by atoms with van der Waals surface area (Å²) in [7, 11) is 1.78. The first kappa shape index (κ1) is 28.7. The number of pyridine rings is 1. The number of aromatic nitrogens is 3. The maximum Gasteiger partial charge on any atom is 0.308 e. The van der Waals surface area contributed by atoms with E-state index in [1.54, 1.807) is 24.7 Å². The van der Waals surface area contributed by atoms with Gasteiger partial charge in [0.05, 0.1) is 17.1 Å². The van der Waals surface area contributed by atoms with E-state index in [1.807, 2.05) is 52.0 Å². The number of benzene rings is 1. The number of aliphatic carboxylic acids is 1. The van der Waals surface area contributed by atoms with Crippen LogP contribution in [-0.2, 0) is 16.6 Å². The minimum Gasteiger partial charge on any atom is -0.481 e. The van der Waals surface area contributed by atoms with E-state index < -0.39 is 11.9 Å². The standard InChI is InChI=1S/C24H24N4O4.C4H8.C2H6/c1-5-6-21(29)28(17-8-7-14(2)15(3)11-17)20-10-9-19-22(25-20)23(26-27(19)4)32-18-12-16(13-18)24(30)31;1-4-2-3-4;1-2/h7-11,16,18H,12-13H2,1-4H3,(H,30,31);4H,2-3H2,1H3;1-2H3. The molecule has 8 nitrogen and oxygen atoms in total. The number of rotatable bonds is 5. The van der Waals surface area contributed by atoms with Crippen LogP contribution in [0.4, 0.5) is 11.5 Å². The third kappa shape index (κ3) is 6.71. The van der Waals surface area contributed by atoms with Gasteiger partial charge in [0.25, 0.3) is 5.88 Å². The molecule has 5 rings (SSSR count). The van der Waals surface area contributed by atoms with E-state index in [-0.39, 0.29) is 12.0 Å². The number of amides is 1. The van der Waals surface area contributed by atoms with Crippen LogP contribution in [0, 0.1) is 37.5 Å². The zero-order valence-electron chi connectivity index (χ0n) is 23.4. The Hall–Kier alpha value is -3.86. The van der Waals surface area contributed by atoms with Gasteiger partial charge in [-0.15, -0.1) is 5.10 Å². The average molecular weight is 519 g/mol. The van der Waals surface area contributed by atoms with E-state index in [4.69, 9.17) is 14.8 Å². The summed E-state index contributed by atoms with van der Waals surface area (Å²) in [6, 6.07) is 9.33. The van der Waals surface area contributed by atoms with E-state index in [1.165, 1.54) is 17.7 Å². The molecule has 0 bridgehead atoms. The first-order chi connectivity index (χ1) is 18.2. The highest BCUT2D eigenvalue weighted by molar-refractivity contribution is 6.10. The van der Waals surface area contributed by atoms with Crippen molar-refractivity contribution in [2.24, 2.45) is 18.9 Å². The van der Waals surface area contributed by atoms with Gasteiger partial charge in [0, 0.05) is 7.05 Å². The first-order valence-electron chi connectivity index (χ1n) is 13.2. The van der Waals surface area contributed by atoms with Crippen molar-refractivity contribution in [3.63, 3.8) is 0 Å². The normalized spacial score (nSPS) is 17.4. The van der Waals surface area contributed by atoms with Gasteiger partial charge in [0.1, 0.15) is 11.9 Å². The summed E-state index contributed by atoms with van der Waals surface area (Å²) in [6.07, 6.45) is 3.63. The Kier molecular flexibility index (Phi) is 9.51. The number of hydrogen-bond donors (Lipinski definition) is 1. The highest BCUT2D eigenvalue weighted by Crippen LogP contribution is 2.35. The van der Waals surface area contributed by atoms with Gasteiger partial charge in [-0.1, -0.05) is 45.6 Å². The molecule has 2 aliphatic rings. The quantitative estimate of drug-likeness (QED) is 0.419. The number of nitrogens with zero attached hydrogens (tertiary/aromatic N) is 4. The fraction of sp³-hybridized carbons (Fsp3) is 0.467. The summed E-state index contributed by atoms with van der Waals surface area (Å²) in [5.74, 6) is 5.49. The van der Waals surface area contributed by atoms with Crippen LogP contribution in [0.25, 0.3) is 11.0 Å². The maximum absolute atomic E-state index is 12.9. The molecule has 8 heteroatoms. The zero-order chi connectivity index (χ0) is 28.0. The number of anilines is 2. The number of carbonyl (C=O) groups is 2. The van der Waals surface area contributed by atoms with Gasteiger partial charge in [-0.3, -0.25) is 19.2 Å². The first-order valence-corrected chi connectivity index (χ1v) is 13.2. The van der Waals surface area contributed by atoms with Crippen LogP contribution in [0.1, 0.15) is 64.5 Å². The summed E-state index contributed by atoms with van der Waals surface area (Å²) in [5, 5.41) is 13.5. The van der Waals surface area contributed by atoms with Gasteiger partial charge in [-0.25, -0.2) is 4.98 Å². The minimum absolute atomic E-state index is 0.219. The summed E-state index contributed by atoms with van der Waals surface area (Å²) in [5.41, 5.74) is 4.09. The van der Waals surface area contributed by atoms with Crippen molar-refractivity contribution in [2.75, 3.05) is 4.90 Å². The third-order valence-electron chi connectivity index (χ3n) is 6.65. The van der Waals surface area contributed by atoms with E-state index in [9.17, 15) is 9.59 Å². The van der Waals surface area contributed by atoms with E-state index in [0.717, 1.165) is 22.6 Å². The van der Waals surface area contributed by atoms with Crippen molar-refractivity contribution in [1.82, 2.24) is 14.8 Å². The molecule has 1 amide bonds. The molecular formula is C30H38N4O4. The Morgan fingerprint density at radius 1 is 1.11 bits per heavy atom. The fourth-order valence-corrected chi connectivity index (χ4v) is 3.87. The van der Waals surface area contributed by atoms with Gasteiger partial charge in [-0.05, 0) is 80.8 Å². The van der Waals surface area contributed by atoms with Crippen LogP contribution in [0.5, 0.6) is 5.88 Å². The molecule has 38 heavy (non-hydrogen) atoms. The molecule has 1 N–H and O–H groups in total. The van der Waals surface area contributed by atoms with Crippen molar-refractivity contribution < 1.29 is 19.4 Å². The minimum atomic E-state index is -0.810. The average Bonchev–Trinajstić information content (AvgIpc) is 3.59. The van der Waals surface area contributed by atoms with Crippen molar-refractivity contribution in [1.29, 1.82) is 0 Å². The molecule has 2 fully saturated rings. The number of carbonyl (C=O) groups excluding carboxylic acids is 1. The molecule has 2 heterocycles. The Bertz CT molecular complexity index is 1360. The van der Waals surface area contributed by atoms with Crippen molar-refractivity contribution >= 4 is 34.4 Å². The molecule has 0 radical (unpaired) electrons. The van der Waals surface area contributed by atoms with Crippen molar-refractivity contribution in [2.45, 2.75) is 73.3 Å². The van der Waals surface area contributed by atoms with Crippen LogP contribution >= 0.6 is 0 Å². The second-order valence-corrected chi connectivity index (χ2v) is 9.68. The number of carboxylic acid groups (broad SMARTS) is 1. The molecule has 0 aliphatic heterocycles. The van der Waals surface area contributed by atoms with Crippen LogP contribution < -0.4 is 9.64 Å². The molecule has 0 unspecified atom stereocenters. The fourth-order valence-electron chi connectivity index (χ4n) is 3.87. The van der Waals surface area contributed by atoms with E-state index in [0.29, 0.717) is 35.7 Å². The Labute approximate surface area is 225 Å². The van der Waals surface area contributed by atoms with Crippen LogP contribution in [-0.4, -0.2) is 37.9 Å². The lowest BCUT2D eigenvalue weighted by molar-refractivity contribution is -0.148. The number of carboxylic acids is 1. The monoisotopic (exact) mass is 518 g/mol. The van der Waals surface area contributed by atoms with Crippen LogP contribution in [0.15, 0.2) is 30.3 Å². The molecule has 2 saturated carbocycles. The number of fused-ring (bicyclic) bond motifs is 1. The molecule has 202 valence electrons. The summed E-state index contributed by atoms with van der Waals surface area (Å²) < 4.78 is 7.61. The highest BCUT2D eigenvalue weighted by atomic mass is 16.5. The Morgan fingerprint density at radius 2 is 1.76 bits per heavy atom. The summed E-state index contributed by atoms with van der Waals surface area (Å²) in [6.45, 7) is 11.9. The third-order valence-corrected chi connectivity index (χ3v) is 6.65. The lowest BCUT2D eigenvalue weighted by Crippen LogP contribution is -2.38. The zero-order valence-corrected chi connectivity index (χ0v) is 23.4. The molecule has 2 aromatic heterocycles. The molecule has 0 saturated heterocycles. The van der Waals surface area contributed by atoms with Gasteiger partial charge in [0.15, 0.2) is 5.52 Å². The van der Waals surface area contributed by atoms with Crippen LogP contribution in [0.2, 0.25) is 0 Å². The van der Waals surface area contributed by atoms with Gasteiger partial charge >= 0.3 is 11.9 Å². The van der Waals surface area contributed by atoms with Gasteiger partial charge in [0.2, 0.25) is 0 Å².